The molecule has 0 aliphatic carbocycles. The van der Waals surface area contributed by atoms with Crippen LogP contribution in [-0.4, -0.2) is 48.5 Å². The van der Waals surface area contributed by atoms with Gasteiger partial charge in [-0.15, -0.1) is 0 Å². The largest absolute Gasteiger partial charge is 0.465 e. The molecule has 4 rings (SSSR count). The minimum absolute atomic E-state index is 0.127. The van der Waals surface area contributed by atoms with Gasteiger partial charge in [0.15, 0.2) is 11.5 Å². The van der Waals surface area contributed by atoms with E-state index in [9.17, 15) is 19.2 Å². The topological polar surface area (TPSA) is 102 Å². The van der Waals surface area contributed by atoms with Crippen LogP contribution in [0.4, 0.5) is 5.69 Å². The number of methoxy groups -OCH3 is 1. The lowest BCUT2D eigenvalue weighted by atomic mass is 9.91. The van der Waals surface area contributed by atoms with Gasteiger partial charge in [0.2, 0.25) is 18.6 Å². The smallest absolute Gasteiger partial charge is 0.337 e. The second-order valence-corrected chi connectivity index (χ2v) is 9.77. The van der Waals surface area contributed by atoms with Crippen LogP contribution in [0.1, 0.15) is 49.5 Å². The van der Waals surface area contributed by atoms with E-state index >= 15 is 0 Å². The fraction of sp³-hybridized carbons (Fsp3) is 0.385. The van der Waals surface area contributed by atoms with Gasteiger partial charge < -0.3 is 19.1 Å². The highest BCUT2D eigenvalue weighted by molar-refractivity contribution is 6.23. The van der Waals surface area contributed by atoms with Gasteiger partial charge in [0.25, 0.3) is 5.91 Å². The number of hydrogen-bond acceptors (Lipinski definition) is 7. The van der Waals surface area contributed by atoms with Gasteiger partial charge in [-0.1, -0.05) is 26.8 Å². The Kier molecular flexibility index (Phi) is 6.51. The number of fused-ring (bicyclic) bond motifs is 1. The van der Waals surface area contributed by atoms with E-state index in [4.69, 9.17) is 14.2 Å². The Bertz CT molecular complexity index is 1170. The fourth-order valence-electron chi connectivity index (χ4n) is 4.16. The Hall–Kier alpha value is -3.88. The second kappa shape index (κ2) is 9.40. The van der Waals surface area contributed by atoms with Gasteiger partial charge in [0.05, 0.1) is 24.8 Å². The summed E-state index contributed by atoms with van der Waals surface area (Å²) in [5, 5.41) is 0. The van der Waals surface area contributed by atoms with E-state index in [-0.39, 0.29) is 37.5 Å². The molecule has 1 saturated heterocycles. The van der Waals surface area contributed by atoms with Gasteiger partial charge >= 0.3 is 5.97 Å². The Morgan fingerprint density at radius 1 is 1.06 bits per heavy atom. The zero-order valence-corrected chi connectivity index (χ0v) is 20.2. The molecule has 2 aromatic carbocycles. The number of ether oxygens (including phenoxy) is 3. The van der Waals surface area contributed by atoms with E-state index in [0.717, 1.165) is 10.5 Å². The average molecular weight is 481 g/mol. The molecule has 35 heavy (non-hydrogen) atoms. The van der Waals surface area contributed by atoms with Crippen LogP contribution in [-0.2, 0) is 25.7 Å². The molecule has 2 aliphatic rings. The molecular weight excluding hydrogens is 452 g/mol. The highest BCUT2D eigenvalue weighted by atomic mass is 16.7. The highest BCUT2D eigenvalue weighted by Gasteiger charge is 2.44. The van der Waals surface area contributed by atoms with E-state index in [1.807, 2.05) is 26.8 Å². The standard InChI is InChI=1S/C26H28N2O7/c1-26(2,3)13-23(30)27(14-16-5-10-20-21(11-16)35-15-34-20)19-12-22(29)28(24(19)31)18-8-6-17(7-9-18)25(32)33-4/h5-11,19H,12-15H2,1-4H3. The van der Waals surface area contributed by atoms with E-state index in [0.29, 0.717) is 22.7 Å². The van der Waals surface area contributed by atoms with Crippen LogP contribution in [0.15, 0.2) is 42.5 Å². The third kappa shape index (κ3) is 5.13. The first-order valence-corrected chi connectivity index (χ1v) is 11.3. The molecule has 0 saturated carbocycles. The lowest BCUT2D eigenvalue weighted by Gasteiger charge is -2.30. The predicted octanol–water partition coefficient (Wildman–Crippen LogP) is 3.30. The molecule has 1 atom stereocenters. The van der Waals surface area contributed by atoms with Crippen LogP contribution in [0.3, 0.4) is 0 Å². The van der Waals surface area contributed by atoms with Crippen LogP contribution >= 0.6 is 0 Å². The van der Waals surface area contributed by atoms with Crippen molar-refractivity contribution < 1.29 is 33.4 Å². The molecule has 0 N–H and O–H groups in total. The summed E-state index contributed by atoms with van der Waals surface area (Å²) < 4.78 is 15.5. The summed E-state index contributed by atoms with van der Waals surface area (Å²) in [6.07, 6.45) is 0.0847. The Morgan fingerprint density at radius 3 is 2.40 bits per heavy atom. The van der Waals surface area contributed by atoms with Crippen molar-refractivity contribution in [3.05, 3.63) is 53.6 Å². The SMILES string of the molecule is COC(=O)c1ccc(N2C(=O)CC(N(Cc3ccc4c(c3)OCO4)C(=O)CC(C)(C)C)C2=O)cc1. The zero-order valence-electron chi connectivity index (χ0n) is 20.2. The van der Waals surface area contributed by atoms with Gasteiger partial charge in [0.1, 0.15) is 6.04 Å². The summed E-state index contributed by atoms with van der Waals surface area (Å²) in [4.78, 5) is 54.0. The van der Waals surface area contributed by atoms with E-state index in [2.05, 4.69) is 0 Å². The first-order chi connectivity index (χ1) is 16.6. The lowest BCUT2D eigenvalue weighted by molar-refractivity contribution is -0.140. The number of amides is 3. The Morgan fingerprint density at radius 2 is 1.74 bits per heavy atom. The molecule has 2 heterocycles. The second-order valence-electron chi connectivity index (χ2n) is 9.77. The van der Waals surface area contributed by atoms with Crippen LogP contribution in [0.5, 0.6) is 11.5 Å². The first-order valence-electron chi connectivity index (χ1n) is 11.3. The number of anilines is 1. The summed E-state index contributed by atoms with van der Waals surface area (Å²) >= 11 is 0. The van der Waals surface area contributed by atoms with Gasteiger partial charge in [0, 0.05) is 13.0 Å². The maximum atomic E-state index is 13.5. The summed E-state index contributed by atoms with van der Waals surface area (Å²) in [5.74, 6) is -0.434. The molecule has 3 amide bonds. The van der Waals surface area contributed by atoms with Crippen LogP contribution < -0.4 is 14.4 Å². The molecule has 0 aromatic heterocycles. The van der Waals surface area contributed by atoms with Crippen molar-refractivity contribution in [3.63, 3.8) is 0 Å². The predicted molar refractivity (Wildman–Crippen MR) is 126 cm³/mol. The number of hydrogen-bond donors (Lipinski definition) is 0. The maximum Gasteiger partial charge on any atom is 0.337 e. The Labute approximate surface area is 203 Å². The van der Waals surface area contributed by atoms with E-state index in [1.165, 1.54) is 36.3 Å². The van der Waals surface area contributed by atoms with Crippen molar-refractivity contribution in [2.75, 3.05) is 18.8 Å². The Balaban J connectivity index is 1.61. The van der Waals surface area contributed by atoms with Gasteiger partial charge in [-0.3, -0.25) is 14.4 Å². The minimum atomic E-state index is -0.942. The normalized spacial score (nSPS) is 17.0. The summed E-state index contributed by atoms with van der Waals surface area (Å²) in [7, 11) is 1.28. The van der Waals surface area contributed by atoms with Crippen LogP contribution in [0, 0.1) is 5.41 Å². The lowest BCUT2D eigenvalue weighted by Crippen LogP contribution is -2.46. The van der Waals surface area contributed by atoms with Crippen molar-refractivity contribution in [1.82, 2.24) is 4.90 Å². The quantitative estimate of drug-likeness (QED) is 0.462. The average Bonchev–Trinajstić information content (AvgIpc) is 3.39. The maximum absolute atomic E-state index is 13.5. The van der Waals surface area contributed by atoms with Crippen molar-refractivity contribution in [3.8, 4) is 11.5 Å². The molecule has 0 bridgehead atoms. The molecule has 2 aromatic rings. The third-order valence-corrected chi connectivity index (χ3v) is 5.84. The number of rotatable bonds is 6. The van der Waals surface area contributed by atoms with Gasteiger partial charge in [-0.25, -0.2) is 9.69 Å². The van der Waals surface area contributed by atoms with Crippen LogP contribution in [0.25, 0.3) is 0 Å². The number of nitrogens with zero attached hydrogens (tertiary/aromatic N) is 2. The van der Waals surface area contributed by atoms with Crippen molar-refractivity contribution >= 4 is 29.4 Å². The minimum Gasteiger partial charge on any atom is -0.465 e. The molecule has 1 fully saturated rings. The first kappa shape index (κ1) is 24.3. The number of esters is 1. The molecule has 0 spiro atoms. The van der Waals surface area contributed by atoms with E-state index in [1.54, 1.807) is 12.1 Å². The van der Waals surface area contributed by atoms with Gasteiger partial charge in [-0.05, 0) is 47.4 Å². The number of carbonyl (C=O) groups is 4. The molecule has 9 heteroatoms. The molecule has 1 unspecified atom stereocenters. The summed E-state index contributed by atoms with van der Waals surface area (Å²) in [6.45, 7) is 6.11. The molecule has 0 radical (unpaired) electrons. The summed E-state index contributed by atoms with van der Waals surface area (Å²) in [6, 6.07) is 10.4. The monoisotopic (exact) mass is 480 g/mol. The van der Waals surface area contributed by atoms with Crippen molar-refractivity contribution in [2.24, 2.45) is 5.41 Å². The van der Waals surface area contributed by atoms with E-state index < -0.39 is 23.8 Å². The van der Waals surface area contributed by atoms with Crippen molar-refractivity contribution in [1.29, 1.82) is 0 Å². The third-order valence-electron chi connectivity index (χ3n) is 5.84. The summed E-state index contributed by atoms with van der Waals surface area (Å²) in [5.41, 5.74) is 1.09. The zero-order chi connectivity index (χ0) is 25.3. The number of imide groups is 1. The molecular formula is C26H28N2O7. The molecule has 2 aliphatic heterocycles. The molecule has 184 valence electrons. The number of benzene rings is 2. The molecule has 9 nitrogen and oxygen atoms in total. The van der Waals surface area contributed by atoms with Gasteiger partial charge in [-0.2, -0.15) is 0 Å². The van der Waals surface area contributed by atoms with Crippen molar-refractivity contribution in [2.45, 2.75) is 46.2 Å². The number of carbonyl (C=O) groups excluding carboxylic acids is 4. The fourth-order valence-corrected chi connectivity index (χ4v) is 4.16. The highest BCUT2D eigenvalue weighted by Crippen LogP contribution is 2.34. The van der Waals surface area contributed by atoms with Crippen LogP contribution in [0.2, 0.25) is 0 Å².